The Bertz CT molecular complexity index is 2650. The van der Waals surface area contributed by atoms with Gasteiger partial charge in [0.1, 0.15) is 11.2 Å². The highest BCUT2D eigenvalue weighted by Crippen LogP contribution is 2.56. The van der Waals surface area contributed by atoms with Gasteiger partial charge in [-0.15, -0.1) is 0 Å². The molecule has 0 amide bonds. The minimum atomic E-state index is -1.79. The smallest absolute Gasteiger partial charge is 0.164 e. The minimum Gasteiger partial charge on any atom is -0.456 e. The summed E-state index contributed by atoms with van der Waals surface area (Å²) in [6.45, 7) is 0. The third-order valence-electron chi connectivity index (χ3n) is 9.94. The van der Waals surface area contributed by atoms with Gasteiger partial charge in [0.25, 0.3) is 0 Å². The molecule has 234 valence electrons. The molecule has 4 nitrogen and oxygen atoms in total. The van der Waals surface area contributed by atoms with E-state index in [2.05, 4.69) is 18.2 Å². The van der Waals surface area contributed by atoms with Crippen LogP contribution in [-0.2, 0) is 5.41 Å². The Labute approximate surface area is 290 Å². The van der Waals surface area contributed by atoms with Gasteiger partial charge in [-0.2, -0.15) is 0 Å². The van der Waals surface area contributed by atoms with E-state index in [9.17, 15) is 5.48 Å². The predicted molar refractivity (Wildman–Crippen MR) is 198 cm³/mol. The summed E-state index contributed by atoms with van der Waals surface area (Å²) in [5.41, 5.74) is 7.67. The van der Waals surface area contributed by atoms with Gasteiger partial charge < -0.3 is 4.42 Å². The van der Waals surface area contributed by atoms with Crippen LogP contribution in [-0.4, -0.2) is 15.0 Å². The molecule has 0 radical (unpaired) electrons. The summed E-state index contributed by atoms with van der Waals surface area (Å²) in [5.74, 6) is 1.72. The summed E-state index contributed by atoms with van der Waals surface area (Å²) >= 11 is 0. The number of hydrogen-bond donors (Lipinski definition) is 0. The lowest BCUT2D eigenvalue weighted by atomic mass is 9.67. The van der Waals surface area contributed by atoms with E-state index >= 15 is 0 Å². The molecule has 0 saturated heterocycles. The molecule has 2 aliphatic rings. The first-order valence-electron chi connectivity index (χ1n) is 18.8. The van der Waals surface area contributed by atoms with Crippen LogP contribution in [0.15, 0.2) is 144 Å². The number of nitrogens with zero attached hydrogens (tertiary/aromatic N) is 3. The Hall–Kier alpha value is -5.87. The molecule has 0 N–H and O–H groups in total. The highest BCUT2D eigenvalue weighted by atomic mass is 16.3. The molecule has 6 aromatic carbocycles. The Morgan fingerprint density at radius 3 is 1.82 bits per heavy atom. The quantitative estimate of drug-likeness (QED) is 0.193. The van der Waals surface area contributed by atoms with E-state index < -0.39 is 18.2 Å². The maximum Gasteiger partial charge on any atom is 0.164 e. The lowest BCUT2D eigenvalue weighted by Crippen LogP contribution is -2.28. The molecular weight excluding hydrogens is 599 g/mol. The molecule has 0 unspecified atom stereocenters. The van der Waals surface area contributed by atoms with Gasteiger partial charge >= 0.3 is 0 Å². The predicted octanol–water partition coefficient (Wildman–Crippen LogP) is 11.7. The summed E-state index contributed by atoms with van der Waals surface area (Å²) in [4.78, 5) is 14.8. The molecule has 2 aliphatic carbocycles. The van der Waals surface area contributed by atoms with Crippen molar-refractivity contribution in [2.75, 3.05) is 0 Å². The van der Waals surface area contributed by atoms with E-state index in [1.165, 1.54) is 0 Å². The van der Waals surface area contributed by atoms with Gasteiger partial charge in [0.05, 0.1) is 0 Å². The van der Waals surface area contributed by atoms with E-state index in [0.717, 1.165) is 66.4 Å². The van der Waals surface area contributed by atoms with Gasteiger partial charge in [-0.05, 0) is 76.5 Å². The zero-order valence-corrected chi connectivity index (χ0v) is 26.7. The minimum absolute atomic E-state index is 0.296. The molecule has 0 bridgehead atoms. The van der Waals surface area contributed by atoms with Crippen LogP contribution < -0.4 is 0 Å². The van der Waals surface area contributed by atoms with Gasteiger partial charge in [0.15, 0.2) is 17.5 Å². The summed E-state index contributed by atoms with van der Waals surface area (Å²) in [6, 6.07) is 45.8. The average Bonchev–Trinajstić information content (AvgIpc) is 3.71. The van der Waals surface area contributed by atoms with E-state index in [-0.39, 0.29) is 0 Å². The largest absolute Gasteiger partial charge is 0.456 e. The highest BCUT2D eigenvalue weighted by Gasteiger charge is 2.43. The molecule has 2 aromatic heterocycles. The Balaban J connectivity index is 1.17. The van der Waals surface area contributed by atoms with Crippen LogP contribution in [0.5, 0.6) is 0 Å². The Morgan fingerprint density at radius 1 is 0.469 bits per heavy atom. The fraction of sp³-hybridized carbons (Fsp3) is 0.133. The molecular formula is C45H33N3O. The topological polar surface area (TPSA) is 51.8 Å². The SMILES string of the molecule is [2H]C1([2H])CCCC([2H])([2H])C12c1ccccc1-c1ccc(-c3cccc4oc5ccc(-c6nc(-c7ccccc7)nc(-c7ccccc7)n6)cc5c34)cc12. The van der Waals surface area contributed by atoms with Crippen molar-refractivity contribution in [3.63, 3.8) is 0 Å². The summed E-state index contributed by atoms with van der Waals surface area (Å²) in [7, 11) is 0. The zero-order valence-electron chi connectivity index (χ0n) is 30.7. The number of benzene rings is 6. The van der Waals surface area contributed by atoms with Crippen LogP contribution >= 0.6 is 0 Å². The van der Waals surface area contributed by atoms with Crippen LogP contribution in [0.1, 0.15) is 48.6 Å². The number of aromatic nitrogens is 3. The molecule has 0 atom stereocenters. The molecule has 8 aromatic rings. The van der Waals surface area contributed by atoms with Crippen LogP contribution in [0.25, 0.3) is 78.4 Å². The summed E-state index contributed by atoms with van der Waals surface area (Å²) in [5, 5.41) is 1.82. The monoisotopic (exact) mass is 635 g/mol. The van der Waals surface area contributed by atoms with Crippen LogP contribution in [0, 0.1) is 0 Å². The Kier molecular flexibility index (Phi) is 5.50. The average molecular weight is 636 g/mol. The van der Waals surface area contributed by atoms with Crippen molar-refractivity contribution in [1.82, 2.24) is 15.0 Å². The second-order valence-electron chi connectivity index (χ2n) is 12.8. The van der Waals surface area contributed by atoms with Crippen molar-refractivity contribution in [2.45, 2.75) is 37.4 Å². The third kappa shape index (κ3) is 4.48. The highest BCUT2D eigenvalue weighted by molar-refractivity contribution is 6.13. The van der Waals surface area contributed by atoms with Gasteiger partial charge in [-0.3, -0.25) is 0 Å². The second-order valence-corrected chi connectivity index (χ2v) is 12.8. The van der Waals surface area contributed by atoms with Crippen molar-refractivity contribution in [1.29, 1.82) is 0 Å². The lowest BCUT2D eigenvalue weighted by molar-refractivity contribution is 0.353. The first-order chi connectivity index (χ1) is 25.7. The van der Waals surface area contributed by atoms with E-state index in [4.69, 9.17) is 19.4 Å². The van der Waals surface area contributed by atoms with Crippen molar-refractivity contribution in [3.8, 4) is 56.4 Å². The van der Waals surface area contributed by atoms with Gasteiger partial charge in [0, 0.05) is 38.4 Å². The molecule has 2 heterocycles. The maximum atomic E-state index is 9.42. The number of hydrogen-bond acceptors (Lipinski definition) is 4. The van der Waals surface area contributed by atoms with Crippen molar-refractivity contribution in [2.24, 2.45) is 0 Å². The fourth-order valence-electron chi connectivity index (χ4n) is 7.67. The van der Waals surface area contributed by atoms with E-state index in [1.807, 2.05) is 121 Å². The third-order valence-corrected chi connectivity index (χ3v) is 9.94. The van der Waals surface area contributed by atoms with E-state index in [0.29, 0.717) is 42.3 Å². The number of fused-ring (bicyclic) bond motifs is 8. The molecule has 4 heteroatoms. The standard InChI is InChI=1S/C45H33N3O/c1-4-13-29(14-5-1)42-46-43(30-15-6-2-7-16-30)48-44(47-42)32-22-24-39-36(27-32)41-33(18-12-20-40(41)49-39)31-21-23-35-34-17-8-9-19-37(34)45(38(35)28-31)25-10-3-11-26-45/h1-2,4-9,12-24,27-28H,3,10-11,25-26H2/i25D2,26D2. The van der Waals surface area contributed by atoms with Crippen LogP contribution in [0.4, 0.5) is 0 Å². The summed E-state index contributed by atoms with van der Waals surface area (Å²) in [6.07, 6.45) is -2.49. The molecule has 49 heavy (non-hydrogen) atoms. The van der Waals surface area contributed by atoms with Crippen LogP contribution in [0.2, 0.25) is 0 Å². The number of furan rings is 1. The molecule has 1 spiro atoms. The first kappa shape index (κ1) is 24.3. The van der Waals surface area contributed by atoms with Crippen molar-refractivity contribution in [3.05, 3.63) is 151 Å². The van der Waals surface area contributed by atoms with Crippen molar-refractivity contribution >= 4 is 21.9 Å². The maximum absolute atomic E-state index is 9.42. The number of rotatable bonds is 4. The molecule has 10 rings (SSSR count). The molecule has 0 aliphatic heterocycles. The molecule has 1 saturated carbocycles. The van der Waals surface area contributed by atoms with E-state index in [1.54, 1.807) is 0 Å². The van der Waals surface area contributed by atoms with Crippen LogP contribution in [0.3, 0.4) is 0 Å². The van der Waals surface area contributed by atoms with Crippen molar-refractivity contribution < 1.29 is 9.90 Å². The molecule has 1 fully saturated rings. The first-order valence-corrected chi connectivity index (χ1v) is 16.8. The van der Waals surface area contributed by atoms with Gasteiger partial charge in [-0.1, -0.05) is 128 Å². The second kappa shape index (κ2) is 11.1. The normalized spacial score (nSPS) is 18.0. The zero-order chi connectivity index (χ0) is 36.0. The van der Waals surface area contributed by atoms with Gasteiger partial charge in [0.2, 0.25) is 0 Å². The fourth-order valence-corrected chi connectivity index (χ4v) is 7.67. The Morgan fingerprint density at radius 2 is 1.08 bits per heavy atom. The van der Waals surface area contributed by atoms with Gasteiger partial charge in [-0.25, -0.2) is 15.0 Å². The lowest BCUT2D eigenvalue weighted by Gasteiger charge is -2.36. The summed E-state index contributed by atoms with van der Waals surface area (Å²) < 4.78 is 44.1.